The summed E-state index contributed by atoms with van der Waals surface area (Å²) in [5, 5.41) is 6.29. The van der Waals surface area contributed by atoms with Gasteiger partial charge in [-0.1, -0.05) is 28.1 Å². The molecule has 0 unspecified atom stereocenters. The number of amides is 1. The number of halogens is 1. The van der Waals surface area contributed by atoms with Crippen LogP contribution >= 0.6 is 27.3 Å². The van der Waals surface area contributed by atoms with Crippen molar-refractivity contribution in [2.75, 3.05) is 10.6 Å². The van der Waals surface area contributed by atoms with Crippen molar-refractivity contribution in [1.82, 2.24) is 0 Å². The molecule has 0 saturated carbocycles. The second kappa shape index (κ2) is 6.21. The number of ether oxygens (including phenoxy) is 1. The molecule has 1 aromatic heterocycles. The van der Waals surface area contributed by atoms with Gasteiger partial charge in [0.05, 0.1) is 5.00 Å². The molecule has 0 saturated heterocycles. The number of thiophene rings is 1. The van der Waals surface area contributed by atoms with Gasteiger partial charge in [-0.05, 0) is 32.4 Å². The van der Waals surface area contributed by atoms with Crippen LogP contribution in [-0.2, 0) is 4.74 Å². The van der Waals surface area contributed by atoms with Crippen LogP contribution in [0.25, 0.3) is 6.08 Å². The first-order valence-corrected chi connectivity index (χ1v) is 7.22. The average molecular weight is 318 g/mol. The summed E-state index contributed by atoms with van der Waals surface area (Å²) < 4.78 is 5.16. The van der Waals surface area contributed by atoms with E-state index in [4.69, 9.17) is 4.74 Å². The van der Waals surface area contributed by atoms with Crippen molar-refractivity contribution >= 4 is 44.4 Å². The largest absolute Gasteiger partial charge is 0.444 e. The fourth-order valence-corrected chi connectivity index (χ4v) is 2.03. The van der Waals surface area contributed by atoms with Crippen LogP contribution in [0, 0.1) is 0 Å². The van der Waals surface area contributed by atoms with Gasteiger partial charge in [0.25, 0.3) is 0 Å². The van der Waals surface area contributed by atoms with E-state index in [2.05, 4.69) is 21.2 Å². The minimum Gasteiger partial charge on any atom is -0.444 e. The van der Waals surface area contributed by atoms with E-state index in [-0.39, 0.29) is 0 Å². The Morgan fingerprint density at radius 1 is 1.59 bits per heavy atom. The number of allylic oxidation sites excluding steroid dienone is 1. The highest BCUT2D eigenvalue weighted by Crippen LogP contribution is 2.22. The Morgan fingerprint density at radius 2 is 2.29 bits per heavy atom. The zero-order valence-electron chi connectivity index (χ0n) is 10.1. The molecule has 1 aromatic rings. The Bertz CT molecular complexity index is 407. The van der Waals surface area contributed by atoms with Gasteiger partial charge in [0, 0.05) is 10.7 Å². The van der Waals surface area contributed by atoms with Crippen molar-refractivity contribution in [1.29, 1.82) is 0 Å². The number of hydrogen-bond donors (Lipinski definition) is 1. The lowest BCUT2D eigenvalue weighted by Crippen LogP contribution is -2.26. The standard InChI is InChI=1S/C12H16BrNO2S/c1-12(2,3)16-11(15)14-10-7-9(8-17-10)5-4-6-13/h4-5,7-8H,6H2,1-3H3,(H,14,15). The van der Waals surface area contributed by atoms with Crippen LogP contribution in [0.2, 0.25) is 0 Å². The minimum absolute atomic E-state index is 0.421. The van der Waals surface area contributed by atoms with E-state index in [0.717, 1.165) is 15.9 Å². The number of hydrogen-bond acceptors (Lipinski definition) is 3. The summed E-state index contributed by atoms with van der Waals surface area (Å²) in [5.41, 5.74) is 0.598. The molecule has 0 aromatic carbocycles. The third kappa shape index (κ3) is 5.89. The highest BCUT2D eigenvalue weighted by Gasteiger charge is 2.16. The molecular weight excluding hydrogens is 302 g/mol. The van der Waals surface area contributed by atoms with E-state index >= 15 is 0 Å². The summed E-state index contributed by atoms with van der Waals surface area (Å²) in [6, 6.07) is 1.91. The number of carbonyl (C=O) groups excluding carboxylic acids is 1. The number of carbonyl (C=O) groups is 1. The maximum absolute atomic E-state index is 11.5. The molecule has 3 nitrogen and oxygen atoms in total. The summed E-state index contributed by atoms with van der Waals surface area (Å²) in [6.45, 7) is 5.52. The van der Waals surface area contributed by atoms with E-state index in [1.807, 2.05) is 44.4 Å². The predicted octanol–water partition coefficient (Wildman–Crippen LogP) is 4.50. The summed E-state index contributed by atoms with van der Waals surface area (Å²) in [5.74, 6) is 0. The molecule has 5 heteroatoms. The molecule has 0 atom stereocenters. The van der Waals surface area contributed by atoms with Crippen molar-refractivity contribution in [3.8, 4) is 0 Å². The lowest BCUT2D eigenvalue weighted by molar-refractivity contribution is 0.0636. The van der Waals surface area contributed by atoms with Crippen LogP contribution in [0.1, 0.15) is 26.3 Å². The molecule has 0 bridgehead atoms. The van der Waals surface area contributed by atoms with Crippen LogP contribution in [0.4, 0.5) is 9.80 Å². The average Bonchev–Trinajstić information content (AvgIpc) is 2.59. The molecule has 1 rings (SSSR count). The lowest BCUT2D eigenvalue weighted by atomic mass is 10.2. The molecule has 17 heavy (non-hydrogen) atoms. The fraction of sp³-hybridized carbons (Fsp3) is 0.417. The molecule has 0 fully saturated rings. The van der Waals surface area contributed by atoms with Crippen molar-refractivity contribution < 1.29 is 9.53 Å². The number of nitrogens with one attached hydrogen (secondary N) is 1. The Labute approximate surface area is 114 Å². The smallest absolute Gasteiger partial charge is 0.412 e. The maximum atomic E-state index is 11.5. The van der Waals surface area contributed by atoms with Crippen LogP contribution in [0.5, 0.6) is 0 Å². The number of rotatable bonds is 3. The predicted molar refractivity (Wildman–Crippen MR) is 77.0 cm³/mol. The third-order valence-electron chi connectivity index (χ3n) is 1.64. The van der Waals surface area contributed by atoms with Crippen molar-refractivity contribution in [2.24, 2.45) is 0 Å². The highest BCUT2D eigenvalue weighted by molar-refractivity contribution is 9.09. The summed E-state index contributed by atoms with van der Waals surface area (Å²) in [4.78, 5) is 11.5. The molecule has 0 aliphatic heterocycles. The van der Waals surface area contributed by atoms with Crippen LogP contribution in [0.3, 0.4) is 0 Å². The van der Waals surface area contributed by atoms with E-state index in [1.54, 1.807) is 0 Å². The number of anilines is 1. The topological polar surface area (TPSA) is 38.3 Å². The zero-order valence-corrected chi connectivity index (χ0v) is 12.5. The summed E-state index contributed by atoms with van der Waals surface area (Å²) >= 11 is 4.79. The van der Waals surface area contributed by atoms with Crippen molar-refractivity contribution in [3.05, 3.63) is 23.1 Å². The van der Waals surface area contributed by atoms with Crippen molar-refractivity contribution in [3.63, 3.8) is 0 Å². The monoisotopic (exact) mass is 317 g/mol. The Balaban J connectivity index is 2.55. The normalized spacial score (nSPS) is 11.8. The summed E-state index contributed by atoms with van der Waals surface area (Å²) in [7, 11) is 0. The van der Waals surface area contributed by atoms with E-state index in [1.165, 1.54) is 11.3 Å². The minimum atomic E-state index is -0.472. The molecule has 0 aliphatic rings. The van der Waals surface area contributed by atoms with Gasteiger partial charge in [-0.2, -0.15) is 0 Å². The van der Waals surface area contributed by atoms with E-state index < -0.39 is 11.7 Å². The van der Waals surface area contributed by atoms with Gasteiger partial charge in [0.15, 0.2) is 0 Å². The maximum Gasteiger partial charge on any atom is 0.412 e. The van der Waals surface area contributed by atoms with Crippen LogP contribution in [-0.4, -0.2) is 17.0 Å². The first kappa shape index (κ1) is 14.3. The Morgan fingerprint density at radius 3 is 2.88 bits per heavy atom. The lowest BCUT2D eigenvalue weighted by Gasteiger charge is -2.19. The second-order valence-electron chi connectivity index (χ2n) is 4.43. The van der Waals surface area contributed by atoms with E-state index in [0.29, 0.717) is 0 Å². The second-order valence-corrected chi connectivity index (χ2v) is 5.99. The Hall–Kier alpha value is -0.810. The van der Waals surface area contributed by atoms with Crippen LogP contribution in [0.15, 0.2) is 17.5 Å². The van der Waals surface area contributed by atoms with Gasteiger partial charge < -0.3 is 4.74 Å². The molecule has 1 amide bonds. The number of alkyl halides is 1. The van der Waals surface area contributed by atoms with Gasteiger partial charge in [-0.15, -0.1) is 11.3 Å². The quantitative estimate of drug-likeness (QED) is 0.833. The molecule has 1 heterocycles. The molecule has 1 N–H and O–H groups in total. The van der Waals surface area contributed by atoms with Gasteiger partial charge in [0.1, 0.15) is 5.60 Å². The Kier molecular flexibility index (Phi) is 5.21. The van der Waals surface area contributed by atoms with E-state index in [9.17, 15) is 4.79 Å². The first-order valence-electron chi connectivity index (χ1n) is 5.22. The summed E-state index contributed by atoms with van der Waals surface area (Å²) in [6.07, 6.45) is 3.57. The van der Waals surface area contributed by atoms with Crippen LogP contribution < -0.4 is 5.32 Å². The molecule has 0 aliphatic carbocycles. The molecule has 94 valence electrons. The van der Waals surface area contributed by atoms with Gasteiger partial charge in [-0.25, -0.2) is 4.79 Å². The van der Waals surface area contributed by atoms with Gasteiger partial charge >= 0.3 is 6.09 Å². The fourth-order valence-electron chi connectivity index (χ4n) is 1.09. The SMILES string of the molecule is CC(C)(C)OC(=O)Nc1cc(C=CCBr)cs1. The van der Waals surface area contributed by atoms with Crippen molar-refractivity contribution in [2.45, 2.75) is 26.4 Å². The molecular formula is C12H16BrNO2S. The zero-order chi connectivity index (χ0) is 12.9. The van der Waals surface area contributed by atoms with Gasteiger partial charge in [0.2, 0.25) is 0 Å². The molecule has 0 radical (unpaired) electrons. The molecule has 0 spiro atoms. The third-order valence-corrected chi connectivity index (χ3v) is 2.88. The van der Waals surface area contributed by atoms with Gasteiger partial charge in [-0.3, -0.25) is 5.32 Å². The highest BCUT2D eigenvalue weighted by atomic mass is 79.9. The first-order chi connectivity index (χ1) is 7.90.